The van der Waals surface area contributed by atoms with Gasteiger partial charge in [-0.25, -0.2) is 4.39 Å². The number of aryl methyl sites for hydroxylation is 2. The molecule has 0 radical (unpaired) electrons. The normalized spacial score (nSPS) is 23.2. The molecular formula is C23H24FN5O4S. The van der Waals surface area contributed by atoms with Gasteiger partial charge in [0, 0.05) is 17.5 Å². The van der Waals surface area contributed by atoms with Crippen molar-refractivity contribution in [2.75, 3.05) is 12.4 Å². The third-order valence-electron chi connectivity index (χ3n) is 6.57. The predicted octanol–water partition coefficient (Wildman–Crippen LogP) is 3.55. The number of aromatic nitrogens is 4. The Morgan fingerprint density at radius 3 is 2.71 bits per heavy atom. The second-order valence-corrected chi connectivity index (χ2v) is 9.69. The van der Waals surface area contributed by atoms with Gasteiger partial charge in [0.05, 0.1) is 36.2 Å². The number of fused-ring (bicyclic) bond motifs is 2. The second kappa shape index (κ2) is 8.88. The fraction of sp³-hybridized carbons (Fsp3) is 0.435. The number of aliphatic hydroxyl groups excluding tert-OH is 1. The van der Waals surface area contributed by atoms with Gasteiger partial charge in [-0.1, -0.05) is 5.10 Å². The number of hydrogen-bond acceptors (Lipinski definition) is 9. The highest BCUT2D eigenvalue weighted by molar-refractivity contribution is 7.17. The number of halogens is 1. The Labute approximate surface area is 199 Å². The van der Waals surface area contributed by atoms with Crippen LogP contribution >= 0.6 is 11.3 Å². The van der Waals surface area contributed by atoms with Gasteiger partial charge in [-0.15, -0.1) is 5.10 Å². The zero-order valence-corrected chi connectivity index (χ0v) is 19.7. The van der Waals surface area contributed by atoms with Crippen molar-refractivity contribution in [3.8, 4) is 22.1 Å². The van der Waals surface area contributed by atoms with Crippen LogP contribution in [0.25, 0.3) is 11.1 Å². The average molecular weight is 486 g/mol. The molecule has 2 fully saturated rings. The third-order valence-corrected chi connectivity index (χ3v) is 7.30. The zero-order chi connectivity index (χ0) is 24.0. The minimum atomic E-state index is -0.568. The summed E-state index contributed by atoms with van der Waals surface area (Å²) in [7, 11) is 1.42. The summed E-state index contributed by atoms with van der Waals surface area (Å²) in [6.45, 7) is 3.30. The van der Waals surface area contributed by atoms with Gasteiger partial charge in [0.25, 0.3) is 11.1 Å². The van der Waals surface area contributed by atoms with E-state index in [1.807, 2.05) is 0 Å². The molecular weight excluding hydrogens is 461 g/mol. The molecule has 2 N–H and O–H groups in total. The van der Waals surface area contributed by atoms with Crippen LogP contribution in [0.4, 0.5) is 9.52 Å². The molecule has 2 saturated carbocycles. The van der Waals surface area contributed by atoms with Crippen LogP contribution in [-0.2, 0) is 0 Å². The Balaban J connectivity index is 1.37. The smallest absolute Gasteiger partial charge is 0.296 e. The van der Waals surface area contributed by atoms with Crippen molar-refractivity contribution in [2.24, 2.45) is 11.8 Å². The molecule has 11 heteroatoms. The molecule has 9 nitrogen and oxygen atoms in total. The number of carbonyl (C=O) groups excluding carboxylic acids is 1. The van der Waals surface area contributed by atoms with E-state index in [1.54, 1.807) is 19.9 Å². The number of pyridine rings is 2. The lowest BCUT2D eigenvalue weighted by Gasteiger charge is -2.24. The Bertz CT molecular complexity index is 1250. The molecule has 178 valence electrons. The number of methoxy groups -OCH3 is 1. The molecule has 0 unspecified atom stereocenters. The first-order valence-corrected chi connectivity index (χ1v) is 11.8. The molecule has 5 rings (SSSR count). The van der Waals surface area contributed by atoms with Crippen LogP contribution < -0.4 is 14.8 Å². The highest BCUT2D eigenvalue weighted by Crippen LogP contribution is 2.46. The van der Waals surface area contributed by atoms with Crippen molar-refractivity contribution in [3.05, 3.63) is 41.2 Å². The van der Waals surface area contributed by atoms with E-state index in [4.69, 9.17) is 9.47 Å². The van der Waals surface area contributed by atoms with Crippen molar-refractivity contribution >= 4 is 22.4 Å². The molecule has 2 aliphatic carbocycles. The first kappa shape index (κ1) is 22.6. The van der Waals surface area contributed by atoms with E-state index in [-0.39, 0.29) is 45.8 Å². The largest absolute Gasteiger partial charge is 0.494 e. The Morgan fingerprint density at radius 1 is 1.18 bits per heavy atom. The number of ether oxygens (including phenoxy) is 2. The van der Waals surface area contributed by atoms with Gasteiger partial charge in [0.15, 0.2) is 5.82 Å². The molecule has 2 aliphatic rings. The maximum absolute atomic E-state index is 15.1. The number of carbonyl (C=O) groups is 1. The molecule has 4 atom stereocenters. The Kier molecular flexibility index (Phi) is 5.90. The van der Waals surface area contributed by atoms with E-state index in [1.165, 1.54) is 19.5 Å². The molecule has 3 heterocycles. The fourth-order valence-electron chi connectivity index (χ4n) is 4.86. The van der Waals surface area contributed by atoms with Gasteiger partial charge in [0.2, 0.25) is 5.13 Å². The molecule has 3 aromatic rings. The quantitative estimate of drug-likeness (QED) is 0.544. The summed E-state index contributed by atoms with van der Waals surface area (Å²) in [4.78, 5) is 21.4. The first-order chi connectivity index (χ1) is 16.3. The van der Waals surface area contributed by atoms with Gasteiger partial charge >= 0.3 is 0 Å². The van der Waals surface area contributed by atoms with Gasteiger partial charge < -0.3 is 14.6 Å². The molecule has 34 heavy (non-hydrogen) atoms. The van der Waals surface area contributed by atoms with Gasteiger partial charge in [0.1, 0.15) is 11.9 Å². The first-order valence-electron chi connectivity index (χ1n) is 11.0. The summed E-state index contributed by atoms with van der Waals surface area (Å²) in [5.41, 5.74) is 1.45. The average Bonchev–Trinajstić information content (AvgIpc) is 3.51. The summed E-state index contributed by atoms with van der Waals surface area (Å²) in [5.74, 6) is -0.267. The van der Waals surface area contributed by atoms with Gasteiger partial charge in [-0.05, 0) is 62.3 Å². The predicted molar refractivity (Wildman–Crippen MR) is 123 cm³/mol. The number of nitrogens with zero attached hydrogens (tertiary/aromatic N) is 4. The van der Waals surface area contributed by atoms with Gasteiger partial charge in [-0.3, -0.25) is 20.1 Å². The minimum Gasteiger partial charge on any atom is -0.494 e. The highest BCUT2D eigenvalue weighted by Gasteiger charge is 2.46. The number of aliphatic hydroxyl groups is 1. The SMILES string of the molecule is COc1cnc(C)c(F)c1-c1cc(C)ncc1C(=O)Nc1nnc(O[C@H]2C[C@H]3C[C@@H]2C[C@@H]3O)s1. The van der Waals surface area contributed by atoms with Crippen molar-refractivity contribution < 1.29 is 23.8 Å². The lowest BCUT2D eigenvalue weighted by Crippen LogP contribution is -2.29. The van der Waals surface area contributed by atoms with Crippen LogP contribution in [0.2, 0.25) is 0 Å². The minimum absolute atomic E-state index is 0.00294. The summed E-state index contributed by atoms with van der Waals surface area (Å²) in [6, 6.07) is 1.63. The number of amides is 1. The summed E-state index contributed by atoms with van der Waals surface area (Å²) in [5, 5.41) is 21.3. The maximum Gasteiger partial charge on any atom is 0.296 e. The Morgan fingerprint density at radius 2 is 2.00 bits per heavy atom. The van der Waals surface area contributed by atoms with Gasteiger partial charge in [-0.2, -0.15) is 0 Å². The third kappa shape index (κ3) is 4.09. The number of anilines is 1. The lowest BCUT2D eigenvalue weighted by molar-refractivity contribution is 0.0565. The number of hydrogen-bond donors (Lipinski definition) is 2. The highest BCUT2D eigenvalue weighted by atomic mass is 32.1. The number of nitrogens with one attached hydrogen (secondary N) is 1. The lowest BCUT2D eigenvalue weighted by atomic mass is 9.95. The zero-order valence-electron chi connectivity index (χ0n) is 18.9. The molecule has 0 saturated heterocycles. The summed E-state index contributed by atoms with van der Waals surface area (Å²) >= 11 is 1.12. The van der Waals surface area contributed by atoms with E-state index in [9.17, 15) is 9.90 Å². The van der Waals surface area contributed by atoms with Crippen LogP contribution in [0, 0.1) is 31.5 Å². The van der Waals surface area contributed by atoms with Crippen LogP contribution in [-0.4, -0.2) is 50.5 Å². The van der Waals surface area contributed by atoms with Crippen LogP contribution in [0.5, 0.6) is 10.9 Å². The maximum atomic E-state index is 15.1. The van der Waals surface area contributed by atoms with E-state index in [0.717, 1.165) is 30.6 Å². The monoisotopic (exact) mass is 485 g/mol. The second-order valence-electron chi connectivity index (χ2n) is 8.75. The van der Waals surface area contributed by atoms with Crippen molar-refractivity contribution in [1.29, 1.82) is 0 Å². The summed E-state index contributed by atoms with van der Waals surface area (Å²) in [6.07, 6.45) is 5.09. The van der Waals surface area contributed by atoms with Crippen molar-refractivity contribution in [3.63, 3.8) is 0 Å². The summed E-state index contributed by atoms with van der Waals surface area (Å²) < 4.78 is 26.4. The van der Waals surface area contributed by atoms with E-state index < -0.39 is 11.7 Å². The van der Waals surface area contributed by atoms with Crippen molar-refractivity contribution in [1.82, 2.24) is 20.2 Å². The van der Waals surface area contributed by atoms with Crippen LogP contribution in [0.15, 0.2) is 18.5 Å². The van der Waals surface area contributed by atoms with E-state index >= 15 is 4.39 Å². The molecule has 0 aliphatic heterocycles. The standard InChI is InChI=1S/C23H24FN5O4S/c1-10-4-14(19-18(32-3)9-26-11(2)20(19)24)15(8-25-10)21(31)27-22-28-29-23(34-22)33-17-7-12-5-13(17)6-16(12)30/h4,8-9,12-13,16-17,30H,5-7H2,1-3H3,(H,27,28,31)/t12-,13-,16+,17+/m1/s1. The molecule has 0 aromatic carbocycles. The molecule has 1 amide bonds. The van der Waals surface area contributed by atoms with E-state index in [2.05, 4.69) is 25.5 Å². The molecule has 3 aromatic heterocycles. The van der Waals surface area contributed by atoms with Crippen molar-refractivity contribution in [2.45, 2.75) is 45.3 Å². The Hall–Kier alpha value is -3.18. The molecule has 2 bridgehead atoms. The topological polar surface area (TPSA) is 119 Å². The van der Waals surface area contributed by atoms with Crippen LogP contribution in [0.1, 0.15) is 41.0 Å². The van der Waals surface area contributed by atoms with E-state index in [0.29, 0.717) is 22.4 Å². The number of rotatable bonds is 6. The molecule has 0 spiro atoms. The van der Waals surface area contributed by atoms with Crippen LogP contribution in [0.3, 0.4) is 0 Å². The fourth-order valence-corrected chi connectivity index (χ4v) is 5.50.